The SMILES string of the molecule is CC(C)c1cc(COc2ccc(-c3ccccc3Cl)cc2)n(-c2c(Cl)cccc2Cl)n1. The van der Waals surface area contributed by atoms with Crippen molar-refractivity contribution in [1.29, 1.82) is 0 Å². The van der Waals surface area contributed by atoms with Crippen LogP contribution in [0.25, 0.3) is 16.8 Å². The molecule has 0 saturated carbocycles. The van der Waals surface area contributed by atoms with Crippen LogP contribution < -0.4 is 4.74 Å². The number of hydrogen-bond donors (Lipinski definition) is 0. The lowest BCUT2D eigenvalue weighted by atomic mass is 10.1. The molecule has 158 valence electrons. The monoisotopic (exact) mass is 470 g/mol. The Morgan fingerprint density at radius 1 is 0.839 bits per heavy atom. The third-order valence-corrected chi connectivity index (χ3v) is 5.91. The van der Waals surface area contributed by atoms with Crippen LogP contribution in [0.2, 0.25) is 15.1 Å². The largest absolute Gasteiger partial charge is 0.487 e. The van der Waals surface area contributed by atoms with Crippen LogP contribution in [-0.4, -0.2) is 9.78 Å². The molecule has 0 amide bonds. The highest BCUT2D eigenvalue weighted by atomic mass is 35.5. The maximum absolute atomic E-state index is 6.43. The molecule has 6 heteroatoms. The van der Waals surface area contributed by atoms with E-state index in [1.54, 1.807) is 16.8 Å². The first kappa shape index (κ1) is 21.8. The highest BCUT2D eigenvalue weighted by Gasteiger charge is 2.17. The Bertz CT molecular complexity index is 1180. The second-order valence-corrected chi connectivity index (χ2v) is 8.71. The molecule has 3 aromatic carbocycles. The molecule has 0 radical (unpaired) electrons. The Balaban J connectivity index is 1.59. The zero-order chi connectivity index (χ0) is 22.0. The Hall–Kier alpha value is -2.46. The minimum absolute atomic E-state index is 0.260. The zero-order valence-corrected chi connectivity index (χ0v) is 19.4. The quantitative estimate of drug-likeness (QED) is 0.283. The summed E-state index contributed by atoms with van der Waals surface area (Å²) in [5, 5.41) is 6.53. The molecule has 0 saturated heterocycles. The van der Waals surface area contributed by atoms with Gasteiger partial charge in [-0.25, -0.2) is 4.68 Å². The van der Waals surface area contributed by atoms with E-state index in [9.17, 15) is 0 Å². The number of halogens is 3. The number of hydrogen-bond acceptors (Lipinski definition) is 2. The summed E-state index contributed by atoms with van der Waals surface area (Å²) in [5.41, 5.74) is 4.50. The summed E-state index contributed by atoms with van der Waals surface area (Å²) < 4.78 is 7.84. The van der Waals surface area contributed by atoms with Crippen molar-refractivity contribution in [2.75, 3.05) is 0 Å². The Morgan fingerprint density at radius 2 is 1.48 bits per heavy atom. The molecule has 31 heavy (non-hydrogen) atoms. The molecule has 0 aliphatic rings. The van der Waals surface area contributed by atoms with Gasteiger partial charge in [0.05, 0.1) is 21.4 Å². The number of para-hydroxylation sites is 1. The summed E-state index contributed by atoms with van der Waals surface area (Å²) in [4.78, 5) is 0. The maximum Gasteiger partial charge on any atom is 0.130 e. The van der Waals surface area contributed by atoms with E-state index in [0.717, 1.165) is 33.3 Å². The molecule has 1 aromatic heterocycles. The molecule has 4 rings (SSSR count). The molecular formula is C25H21Cl3N2O. The molecule has 1 heterocycles. The van der Waals surface area contributed by atoms with E-state index in [1.807, 2.05) is 60.7 Å². The molecule has 0 bridgehead atoms. The number of rotatable bonds is 6. The first-order chi connectivity index (χ1) is 14.9. The van der Waals surface area contributed by atoms with Crippen molar-refractivity contribution in [3.05, 3.63) is 99.3 Å². The fourth-order valence-corrected chi connectivity index (χ4v) is 4.10. The van der Waals surface area contributed by atoms with Crippen molar-refractivity contribution in [1.82, 2.24) is 9.78 Å². The van der Waals surface area contributed by atoms with Gasteiger partial charge in [-0.15, -0.1) is 0 Å². The maximum atomic E-state index is 6.43. The molecule has 3 nitrogen and oxygen atoms in total. The summed E-state index contributed by atoms with van der Waals surface area (Å²) in [6.07, 6.45) is 0. The van der Waals surface area contributed by atoms with Gasteiger partial charge in [0, 0.05) is 10.6 Å². The van der Waals surface area contributed by atoms with Gasteiger partial charge in [0.2, 0.25) is 0 Å². The standard InChI is InChI=1S/C25H21Cl3N2O/c1-16(2)24-14-18(30(29-24)25-22(27)8-5-9-23(25)28)15-31-19-12-10-17(11-13-19)20-6-3-4-7-21(20)26/h3-14,16H,15H2,1-2H3. The summed E-state index contributed by atoms with van der Waals surface area (Å²) in [6.45, 7) is 4.52. The minimum atomic E-state index is 0.260. The van der Waals surface area contributed by atoms with Crippen LogP contribution in [0.5, 0.6) is 5.75 Å². The van der Waals surface area contributed by atoms with Gasteiger partial charge in [-0.05, 0) is 47.9 Å². The average molecular weight is 472 g/mol. The van der Waals surface area contributed by atoms with Crippen LogP contribution in [-0.2, 0) is 6.61 Å². The van der Waals surface area contributed by atoms with Crippen LogP contribution in [0, 0.1) is 0 Å². The lowest BCUT2D eigenvalue weighted by Gasteiger charge is -2.12. The van der Waals surface area contributed by atoms with Gasteiger partial charge in [0.25, 0.3) is 0 Å². The van der Waals surface area contributed by atoms with E-state index in [0.29, 0.717) is 22.3 Å². The number of aromatic nitrogens is 2. The normalized spacial score (nSPS) is 11.2. The fourth-order valence-electron chi connectivity index (χ4n) is 3.29. The van der Waals surface area contributed by atoms with Gasteiger partial charge in [0.1, 0.15) is 18.0 Å². The van der Waals surface area contributed by atoms with Gasteiger partial charge >= 0.3 is 0 Å². The zero-order valence-electron chi connectivity index (χ0n) is 17.1. The van der Waals surface area contributed by atoms with Crippen molar-refractivity contribution in [2.24, 2.45) is 0 Å². The molecule has 0 spiro atoms. The molecule has 0 unspecified atom stereocenters. The predicted molar refractivity (Wildman–Crippen MR) is 129 cm³/mol. The van der Waals surface area contributed by atoms with Gasteiger partial charge < -0.3 is 4.74 Å². The van der Waals surface area contributed by atoms with Crippen molar-refractivity contribution in [2.45, 2.75) is 26.4 Å². The van der Waals surface area contributed by atoms with Gasteiger partial charge in [-0.1, -0.05) is 85.0 Å². The molecule has 0 aliphatic carbocycles. The van der Waals surface area contributed by atoms with E-state index in [1.165, 1.54) is 0 Å². The fraction of sp³-hybridized carbons (Fsp3) is 0.160. The molecule has 0 atom stereocenters. The third-order valence-electron chi connectivity index (χ3n) is 4.97. The first-order valence-electron chi connectivity index (χ1n) is 9.95. The number of ether oxygens (including phenoxy) is 1. The molecule has 0 N–H and O–H groups in total. The summed E-state index contributed by atoms with van der Waals surface area (Å²) in [5.74, 6) is 1.01. The molecular weight excluding hydrogens is 451 g/mol. The van der Waals surface area contributed by atoms with Gasteiger partial charge in [0.15, 0.2) is 0 Å². The van der Waals surface area contributed by atoms with E-state index in [4.69, 9.17) is 44.6 Å². The third kappa shape index (κ3) is 4.74. The lowest BCUT2D eigenvalue weighted by Crippen LogP contribution is -2.07. The smallest absolute Gasteiger partial charge is 0.130 e. The second-order valence-electron chi connectivity index (χ2n) is 7.49. The van der Waals surface area contributed by atoms with Crippen LogP contribution >= 0.6 is 34.8 Å². The summed E-state index contributed by atoms with van der Waals surface area (Å²) >= 11 is 19.2. The topological polar surface area (TPSA) is 27.1 Å². The predicted octanol–water partition coefficient (Wildman–Crippen LogP) is 8.20. The Labute approximate surface area is 197 Å². The Morgan fingerprint density at radius 3 is 2.13 bits per heavy atom. The van der Waals surface area contributed by atoms with Crippen molar-refractivity contribution in [3.63, 3.8) is 0 Å². The molecule has 0 fully saturated rings. The van der Waals surface area contributed by atoms with Crippen LogP contribution in [0.15, 0.2) is 72.8 Å². The first-order valence-corrected chi connectivity index (χ1v) is 11.1. The molecule has 0 aliphatic heterocycles. The van der Waals surface area contributed by atoms with Gasteiger partial charge in [-0.3, -0.25) is 0 Å². The molecule has 4 aromatic rings. The summed E-state index contributed by atoms with van der Waals surface area (Å²) in [7, 11) is 0. The van der Waals surface area contributed by atoms with Crippen molar-refractivity contribution >= 4 is 34.8 Å². The van der Waals surface area contributed by atoms with Crippen LogP contribution in [0.3, 0.4) is 0 Å². The summed E-state index contributed by atoms with van der Waals surface area (Å²) in [6, 6.07) is 23.1. The van der Waals surface area contributed by atoms with Gasteiger partial charge in [-0.2, -0.15) is 5.10 Å². The average Bonchev–Trinajstić information content (AvgIpc) is 3.17. The van der Waals surface area contributed by atoms with E-state index >= 15 is 0 Å². The van der Waals surface area contributed by atoms with E-state index < -0.39 is 0 Å². The lowest BCUT2D eigenvalue weighted by molar-refractivity contribution is 0.297. The number of nitrogens with zero attached hydrogens (tertiary/aromatic N) is 2. The van der Waals surface area contributed by atoms with E-state index in [2.05, 4.69) is 13.8 Å². The highest BCUT2D eigenvalue weighted by Crippen LogP contribution is 2.32. The van der Waals surface area contributed by atoms with Crippen molar-refractivity contribution in [3.8, 4) is 22.6 Å². The van der Waals surface area contributed by atoms with Crippen molar-refractivity contribution < 1.29 is 4.74 Å². The minimum Gasteiger partial charge on any atom is -0.487 e. The van der Waals surface area contributed by atoms with Crippen LogP contribution in [0.4, 0.5) is 0 Å². The second kappa shape index (κ2) is 9.35. The number of benzene rings is 3. The van der Waals surface area contributed by atoms with Crippen LogP contribution in [0.1, 0.15) is 31.2 Å². The van der Waals surface area contributed by atoms with E-state index in [-0.39, 0.29) is 5.92 Å². The highest BCUT2D eigenvalue weighted by molar-refractivity contribution is 6.37. The Kier molecular flexibility index (Phi) is 6.57.